The summed E-state index contributed by atoms with van der Waals surface area (Å²) in [7, 11) is -0.668. The fraction of sp³-hybridized carbons (Fsp3) is 0.667. The molecule has 2 aromatic heterocycles. The van der Waals surface area contributed by atoms with Gasteiger partial charge in [-0.3, -0.25) is 4.21 Å². The van der Waals surface area contributed by atoms with Crippen molar-refractivity contribution in [2.24, 2.45) is 0 Å². The number of aryl methyl sites for hydroxylation is 2. The highest BCUT2D eigenvalue weighted by atomic mass is 32.2. The topological polar surface area (TPSA) is 73.8 Å². The lowest BCUT2D eigenvalue weighted by molar-refractivity contribution is 0.636. The number of hydrogen-bond donors (Lipinski definition) is 1. The van der Waals surface area contributed by atoms with Gasteiger partial charge in [0.05, 0.1) is 17.5 Å². The van der Waals surface area contributed by atoms with Gasteiger partial charge in [0.1, 0.15) is 5.52 Å². The van der Waals surface area contributed by atoms with Gasteiger partial charge >= 0.3 is 0 Å². The van der Waals surface area contributed by atoms with E-state index in [0.717, 1.165) is 60.5 Å². The normalized spacial score (nSPS) is 13.0. The molecule has 0 saturated carbocycles. The molecule has 0 bridgehead atoms. The Morgan fingerprint density at radius 1 is 1.25 bits per heavy atom. The zero-order chi connectivity index (χ0) is 17.7. The number of anilines is 1. The molecule has 24 heavy (non-hydrogen) atoms. The first-order chi connectivity index (χ1) is 11.5. The molecular weight excluding hydrogens is 320 g/mol. The number of imidazole rings is 1. The molecule has 2 N–H and O–H groups in total. The summed E-state index contributed by atoms with van der Waals surface area (Å²) in [5.41, 5.74) is 10.2. The van der Waals surface area contributed by atoms with Crippen LogP contribution in [-0.4, -0.2) is 30.2 Å². The smallest absolute Gasteiger partial charge is 0.151 e. The van der Waals surface area contributed by atoms with E-state index < -0.39 is 10.8 Å². The number of nitrogens with two attached hydrogens (primary N) is 1. The molecule has 1 atom stereocenters. The molecule has 0 aliphatic rings. The van der Waals surface area contributed by atoms with Crippen molar-refractivity contribution < 1.29 is 4.21 Å². The summed E-state index contributed by atoms with van der Waals surface area (Å²) in [4.78, 5) is 8.97. The Morgan fingerprint density at radius 3 is 2.62 bits per heavy atom. The summed E-state index contributed by atoms with van der Waals surface area (Å²) in [5.74, 6) is 2.48. The van der Waals surface area contributed by atoms with E-state index in [1.807, 2.05) is 6.33 Å². The van der Waals surface area contributed by atoms with Gasteiger partial charge in [0.15, 0.2) is 5.82 Å². The maximum atomic E-state index is 11.9. The van der Waals surface area contributed by atoms with E-state index in [0.29, 0.717) is 11.7 Å². The van der Waals surface area contributed by atoms with Gasteiger partial charge in [-0.05, 0) is 37.7 Å². The number of pyridine rings is 1. The number of rotatable bonds is 9. The summed E-state index contributed by atoms with van der Waals surface area (Å²) in [5, 5.41) is 0. The molecule has 2 heterocycles. The van der Waals surface area contributed by atoms with Gasteiger partial charge in [0.25, 0.3) is 0 Å². The Balaban J connectivity index is 2.06. The lowest BCUT2D eigenvalue weighted by atomic mass is 10.0. The van der Waals surface area contributed by atoms with Crippen LogP contribution in [-0.2, 0) is 17.3 Å². The van der Waals surface area contributed by atoms with Crippen LogP contribution in [0.1, 0.15) is 63.6 Å². The van der Waals surface area contributed by atoms with Gasteiger partial charge in [-0.2, -0.15) is 0 Å². The van der Waals surface area contributed by atoms with Crippen LogP contribution in [0.2, 0.25) is 0 Å². The average Bonchev–Trinajstić information content (AvgIpc) is 2.97. The van der Waals surface area contributed by atoms with Gasteiger partial charge < -0.3 is 10.3 Å². The molecule has 0 aromatic carbocycles. The van der Waals surface area contributed by atoms with E-state index in [-0.39, 0.29) is 0 Å². The van der Waals surface area contributed by atoms with Crippen LogP contribution in [0.3, 0.4) is 0 Å². The van der Waals surface area contributed by atoms with Crippen LogP contribution in [0.25, 0.3) is 11.0 Å². The Hall–Kier alpha value is -1.43. The lowest BCUT2D eigenvalue weighted by Crippen LogP contribution is -2.07. The second kappa shape index (κ2) is 8.60. The molecule has 2 aromatic rings. The second-order valence-electron chi connectivity index (χ2n) is 6.71. The largest absolute Gasteiger partial charge is 0.382 e. The predicted octanol–water partition coefficient (Wildman–Crippen LogP) is 3.77. The molecule has 0 aliphatic heterocycles. The van der Waals surface area contributed by atoms with E-state index in [1.165, 1.54) is 5.56 Å². The van der Waals surface area contributed by atoms with Crippen molar-refractivity contribution in [2.75, 3.05) is 17.2 Å². The maximum Gasteiger partial charge on any atom is 0.151 e. The van der Waals surface area contributed by atoms with E-state index >= 15 is 0 Å². The summed E-state index contributed by atoms with van der Waals surface area (Å²) in [6.45, 7) is 9.38. The van der Waals surface area contributed by atoms with E-state index in [9.17, 15) is 4.21 Å². The van der Waals surface area contributed by atoms with Crippen LogP contribution in [0.4, 0.5) is 5.82 Å². The molecule has 134 valence electrons. The van der Waals surface area contributed by atoms with E-state index in [1.54, 1.807) is 0 Å². The standard InChI is InChI=1S/C18H30N4OS/c1-5-6-10-24(23)11-8-7-9-22-12-20-16-17(22)14(4)15(13(2)3)21-18(16)19/h12-13H,5-11H2,1-4H3,(H2,19,21). The maximum absolute atomic E-state index is 11.9. The molecule has 0 fully saturated rings. The number of aromatic nitrogens is 3. The molecule has 0 aliphatic carbocycles. The molecule has 6 heteroatoms. The van der Waals surface area contributed by atoms with Gasteiger partial charge in [0, 0.05) is 28.9 Å². The van der Waals surface area contributed by atoms with Crippen LogP contribution in [0.15, 0.2) is 6.33 Å². The number of nitrogen functional groups attached to an aromatic ring is 1. The highest BCUT2D eigenvalue weighted by Gasteiger charge is 2.16. The third-order valence-electron chi connectivity index (χ3n) is 4.35. The van der Waals surface area contributed by atoms with Crippen molar-refractivity contribution in [1.29, 1.82) is 0 Å². The van der Waals surface area contributed by atoms with Crippen molar-refractivity contribution in [3.8, 4) is 0 Å². The van der Waals surface area contributed by atoms with Gasteiger partial charge in [-0.1, -0.05) is 27.2 Å². The molecular formula is C18H30N4OS. The highest BCUT2D eigenvalue weighted by Crippen LogP contribution is 2.28. The lowest BCUT2D eigenvalue weighted by Gasteiger charge is -2.13. The molecule has 0 radical (unpaired) electrons. The van der Waals surface area contributed by atoms with Crippen LogP contribution in [0, 0.1) is 6.92 Å². The van der Waals surface area contributed by atoms with Gasteiger partial charge in [-0.15, -0.1) is 0 Å². The highest BCUT2D eigenvalue weighted by molar-refractivity contribution is 7.84. The first-order valence-corrected chi connectivity index (χ1v) is 10.4. The third kappa shape index (κ3) is 4.35. The predicted molar refractivity (Wildman–Crippen MR) is 103 cm³/mol. The van der Waals surface area contributed by atoms with Gasteiger partial charge in [0.2, 0.25) is 0 Å². The second-order valence-corrected chi connectivity index (χ2v) is 8.40. The zero-order valence-electron chi connectivity index (χ0n) is 15.3. The van der Waals surface area contributed by atoms with Crippen molar-refractivity contribution >= 4 is 27.7 Å². The number of hydrogen-bond acceptors (Lipinski definition) is 4. The number of nitrogens with zero attached hydrogens (tertiary/aromatic N) is 3. The van der Waals surface area contributed by atoms with Crippen molar-refractivity contribution in [2.45, 2.75) is 65.8 Å². The fourth-order valence-electron chi connectivity index (χ4n) is 3.03. The van der Waals surface area contributed by atoms with E-state index in [2.05, 4.69) is 42.2 Å². The summed E-state index contributed by atoms with van der Waals surface area (Å²) in [6.07, 6.45) is 6.00. The summed E-state index contributed by atoms with van der Waals surface area (Å²) >= 11 is 0. The van der Waals surface area contributed by atoms with Crippen LogP contribution in [0.5, 0.6) is 0 Å². The van der Waals surface area contributed by atoms with Gasteiger partial charge in [-0.25, -0.2) is 9.97 Å². The molecule has 0 amide bonds. The van der Waals surface area contributed by atoms with Crippen LogP contribution >= 0.6 is 0 Å². The Morgan fingerprint density at radius 2 is 1.96 bits per heavy atom. The van der Waals surface area contributed by atoms with Crippen LogP contribution < -0.4 is 5.73 Å². The minimum absolute atomic E-state index is 0.334. The quantitative estimate of drug-likeness (QED) is 0.699. The summed E-state index contributed by atoms with van der Waals surface area (Å²) in [6, 6.07) is 0. The third-order valence-corrected chi connectivity index (χ3v) is 5.84. The Bertz CT molecular complexity index is 709. The zero-order valence-corrected chi connectivity index (χ0v) is 16.2. The minimum atomic E-state index is -0.668. The summed E-state index contributed by atoms with van der Waals surface area (Å²) < 4.78 is 14.0. The molecule has 0 spiro atoms. The molecule has 1 unspecified atom stereocenters. The monoisotopic (exact) mass is 350 g/mol. The Kier molecular flexibility index (Phi) is 6.78. The fourth-order valence-corrected chi connectivity index (χ4v) is 4.38. The SMILES string of the molecule is CCCCS(=O)CCCCn1cnc2c(N)nc(C(C)C)c(C)c21. The number of fused-ring (bicyclic) bond motifs is 1. The van der Waals surface area contributed by atoms with E-state index in [4.69, 9.17) is 5.73 Å². The Labute approximate surface area is 147 Å². The average molecular weight is 351 g/mol. The minimum Gasteiger partial charge on any atom is -0.382 e. The first-order valence-electron chi connectivity index (χ1n) is 8.91. The van der Waals surface area contributed by atoms with Crippen molar-refractivity contribution in [1.82, 2.24) is 14.5 Å². The molecule has 0 saturated heterocycles. The van der Waals surface area contributed by atoms with Crippen molar-refractivity contribution in [3.05, 3.63) is 17.6 Å². The molecule has 2 rings (SSSR count). The number of unbranched alkanes of at least 4 members (excludes halogenated alkanes) is 2. The van der Waals surface area contributed by atoms with Crippen molar-refractivity contribution in [3.63, 3.8) is 0 Å². The first kappa shape index (κ1) is 18.9. The molecule has 5 nitrogen and oxygen atoms in total.